The summed E-state index contributed by atoms with van der Waals surface area (Å²) < 4.78 is 6.96. The van der Waals surface area contributed by atoms with Crippen LogP contribution in [0, 0.1) is 0 Å². The van der Waals surface area contributed by atoms with Crippen LogP contribution in [0.3, 0.4) is 0 Å². The zero-order chi connectivity index (χ0) is 14.7. The highest BCUT2D eigenvalue weighted by Crippen LogP contribution is 2.28. The van der Waals surface area contributed by atoms with Crippen molar-refractivity contribution in [3.05, 3.63) is 70.9 Å². The van der Waals surface area contributed by atoms with Gasteiger partial charge in [0.25, 0.3) is 0 Å². The van der Waals surface area contributed by atoms with E-state index in [1.54, 1.807) is 11.8 Å². The van der Waals surface area contributed by atoms with Crippen molar-refractivity contribution in [3.8, 4) is 11.3 Å². The summed E-state index contributed by atoms with van der Waals surface area (Å²) in [4.78, 5) is 1.19. The lowest BCUT2D eigenvalue weighted by molar-refractivity contribution is 0.544. The molecule has 4 heteroatoms. The highest BCUT2D eigenvalue weighted by molar-refractivity contribution is 9.10. The van der Waals surface area contributed by atoms with Crippen LogP contribution in [-0.4, -0.2) is 0 Å². The normalized spacial score (nSPS) is 10.7. The van der Waals surface area contributed by atoms with Gasteiger partial charge in [0.05, 0.1) is 5.75 Å². The van der Waals surface area contributed by atoms with Crippen molar-refractivity contribution in [2.24, 2.45) is 0 Å². The number of anilines is 1. The van der Waals surface area contributed by atoms with Gasteiger partial charge in [-0.25, -0.2) is 0 Å². The smallest absolute Gasteiger partial charge is 0.134 e. The van der Waals surface area contributed by atoms with Gasteiger partial charge in [0, 0.05) is 20.6 Å². The molecule has 0 aliphatic rings. The molecule has 0 bridgehead atoms. The second-order valence-electron chi connectivity index (χ2n) is 4.63. The van der Waals surface area contributed by atoms with E-state index in [0.29, 0.717) is 0 Å². The molecule has 0 amide bonds. The fourth-order valence-corrected chi connectivity index (χ4v) is 3.00. The summed E-state index contributed by atoms with van der Waals surface area (Å²) in [7, 11) is 0. The summed E-state index contributed by atoms with van der Waals surface area (Å²) in [5.74, 6) is 2.67. The third-order valence-electron chi connectivity index (χ3n) is 3.05. The molecule has 2 aromatic carbocycles. The lowest BCUT2D eigenvalue weighted by Gasteiger charge is -2.00. The average Bonchev–Trinajstić information content (AvgIpc) is 2.96. The number of thioether (sulfide) groups is 1. The zero-order valence-electron chi connectivity index (χ0n) is 11.3. The number of furan rings is 1. The van der Waals surface area contributed by atoms with Crippen LogP contribution in [0.25, 0.3) is 11.3 Å². The Kier molecular flexibility index (Phi) is 4.36. The van der Waals surface area contributed by atoms with Gasteiger partial charge in [-0.15, -0.1) is 11.8 Å². The Morgan fingerprint density at radius 3 is 2.33 bits per heavy atom. The topological polar surface area (TPSA) is 39.2 Å². The standard InChI is InChI=1S/C17H14BrNOS/c18-13-3-1-12(2-4-13)17-10-7-15(20-17)11-21-16-8-5-14(19)6-9-16/h1-10H,11,19H2. The first-order valence-electron chi connectivity index (χ1n) is 6.54. The number of hydrogen-bond donors (Lipinski definition) is 1. The molecule has 0 fully saturated rings. The maximum Gasteiger partial charge on any atom is 0.134 e. The number of halogens is 1. The minimum Gasteiger partial charge on any atom is -0.460 e. The van der Waals surface area contributed by atoms with Crippen LogP contribution < -0.4 is 5.73 Å². The molecule has 0 aliphatic heterocycles. The Morgan fingerprint density at radius 1 is 0.905 bits per heavy atom. The van der Waals surface area contributed by atoms with Crippen LogP contribution in [-0.2, 0) is 5.75 Å². The zero-order valence-corrected chi connectivity index (χ0v) is 13.7. The van der Waals surface area contributed by atoms with E-state index in [4.69, 9.17) is 10.2 Å². The maximum absolute atomic E-state index is 5.89. The summed E-state index contributed by atoms with van der Waals surface area (Å²) in [5, 5.41) is 0. The lowest BCUT2D eigenvalue weighted by Crippen LogP contribution is -1.83. The second kappa shape index (κ2) is 6.41. The van der Waals surface area contributed by atoms with Crippen LogP contribution in [0.4, 0.5) is 5.69 Å². The summed E-state index contributed by atoms with van der Waals surface area (Å²) in [6, 6.07) is 20.0. The summed E-state index contributed by atoms with van der Waals surface area (Å²) in [5.41, 5.74) is 7.55. The molecule has 0 saturated heterocycles. The fourth-order valence-electron chi connectivity index (χ4n) is 1.94. The van der Waals surface area contributed by atoms with E-state index in [-0.39, 0.29) is 0 Å². The maximum atomic E-state index is 5.89. The Labute approximate surface area is 136 Å². The van der Waals surface area contributed by atoms with Crippen molar-refractivity contribution in [1.29, 1.82) is 0 Å². The van der Waals surface area contributed by atoms with Gasteiger partial charge in [0.15, 0.2) is 0 Å². The van der Waals surface area contributed by atoms with Crippen LogP contribution in [0.2, 0.25) is 0 Å². The van der Waals surface area contributed by atoms with Crippen LogP contribution >= 0.6 is 27.7 Å². The molecule has 0 atom stereocenters. The van der Waals surface area contributed by atoms with Gasteiger partial charge >= 0.3 is 0 Å². The molecular weight excluding hydrogens is 346 g/mol. The third-order valence-corrected chi connectivity index (χ3v) is 4.61. The Hall–Kier alpha value is -1.65. The molecule has 1 heterocycles. The van der Waals surface area contributed by atoms with Crippen molar-refractivity contribution >= 4 is 33.4 Å². The van der Waals surface area contributed by atoms with Gasteiger partial charge in [-0.3, -0.25) is 0 Å². The Balaban J connectivity index is 1.67. The quantitative estimate of drug-likeness (QED) is 0.487. The molecule has 0 aliphatic carbocycles. The monoisotopic (exact) mass is 359 g/mol. The number of rotatable bonds is 4. The fraction of sp³-hybridized carbons (Fsp3) is 0.0588. The molecule has 2 nitrogen and oxygen atoms in total. The summed E-state index contributed by atoms with van der Waals surface area (Å²) in [6.07, 6.45) is 0. The average molecular weight is 360 g/mol. The van der Waals surface area contributed by atoms with Gasteiger partial charge in [-0.1, -0.05) is 28.1 Å². The van der Waals surface area contributed by atoms with Crippen molar-refractivity contribution in [2.45, 2.75) is 10.6 Å². The van der Waals surface area contributed by atoms with Crippen molar-refractivity contribution in [3.63, 3.8) is 0 Å². The first kappa shape index (κ1) is 14.3. The van der Waals surface area contributed by atoms with Gasteiger partial charge in [0.2, 0.25) is 0 Å². The Bertz CT molecular complexity index is 719. The van der Waals surface area contributed by atoms with E-state index >= 15 is 0 Å². The van der Waals surface area contributed by atoms with Crippen molar-refractivity contribution < 1.29 is 4.42 Å². The van der Waals surface area contributed by atoms with E-state index in [9.17, 15) is 0 Å². The van der Waals surface area contributed by atoms with Crippen molar-refractivity contribution in [2.75, 3.05) is 5.73 Å². The Morgan fingerprint density at radius 2 is 1.62 bits per heavy atom. The minimum absolute atomic E-state index is 0.787. The predicted molar refractivity (Wildman–Crippen MR) is 92.3 cm³/mol. The first-order valence-corrected chi connectivity index (χ1v) is 8.31. The SMILES string of the molecule is Nc1ccc(SCc2ccc(-c3ccc(Br)cc3)o2)cc1. The predicted octanol–water partition coefficient (Wildman–Crippen LogP) is 5.58. The molecule has 1 aromatic heterocycles. The number of hydrogen-bond acceptors (Lipinski definition) is 3. The summed E-state index contributed by atoms with van der Waals surface area (Å²) in [6.45, 7) is 0. The van der Waals surface area contributed by atoms with E-state index < -0.39 is 0 Å². The molecule has 2 N–H and O–H groups in total. The number of benzene rings is 2. The number of nitrogens with two attached hydrogens (primary N) is 1. The van der Waals surface area contributed by atoms with Crippen molar-refractivity contribution in [1.82, 2.24) is 0 Å². The molecule has 0 radical (unpaired) electrons. The van der Waals surface area contributed by atoms with Gasteiger partial charge in [-0.05, 0) is 48.5 Å². The van der Waals surface area contributed by atoms with Crippen LogP contribution in [0.1, 0.15) is 5.76 Å². The van der Waals surface area contributed by atoms with Crippen LogP contribution in [0.5, 0.6) is 0 Å². The van der Waals surface area contributed by atoms with Crippen LogP contribution in [0.15, 0.2) is 74.4 Å². The van der Waals surface area contributed by atoms with E-state index in [0.717, 1.165) is 33.0 Å². The highest BCUT2D eigenvalue weighted by atomic mass is 79.9. The second-order valence-corrected chi connectivity index (χ2v) is 6.59. The first-order chi connectivity index (χ1) is 10.2. The van der Waals surface area contributed by atoms with Gasteiger partial charge in [0.1, 0.15) is 11.5 Å². The highest BCUT2D eigenvalue weighted by Gasteiger charge is 2.05. The van der Waals surface area contributed by atoms with E-state index in [1.807, 2.05) is 60.7 Å². The van der Waals surface area contributed by atoms with Gasteiger partial charge in [-0.2, -0.15) is 0 Å². The lowest BCUT2D eigenvalue weighted by atomic mass is 10.2. The molecule has 0 spiro atoms. The molecule has 106 valence electrons. The van der Waals surface area contributed by atoms with Gasteiger partial charge < -0.3 is 10.2 Å². The molecular formula is C17H14BrNOS. The molecule has 0 saturated carbocycles. The molecule has 0 unspecified atom stereocenters. The minimum atomic E-state index is 0.787. The molecule has 3 rings (SSSR count). The molecule has 3 aromatic rings. The molecule has 21 heavy (non-hydrogen) atoms. The third kappa shape index (κ3) is 3.71. The van der Waals surface area contributed by atoms with E-state index in [1.165, 1.54) is 4.90 Å². The van der Waals surface area contributed by atoms with E-state index in [2.05, 4.69) is 15.9 Å². The largest absolute Gasteiger partial charge is 0.460 e. The number of nitrogen functional groups attached to an aromatic ring is 1. The summed E-state index contributed by atoms with van der Waals surface area (Å²) >= 11 is 5.17.